The van der Waals surface area contributed by atoms with Crippen molar-refractivity contribution in [2.24, 2.45) is 11.1 Å². The van der Waals surface area contributed by atoms with Gasteiger partial charge >= 0.3 is 0 Å². The van der Waals surface area contributed by atoms with E-state index in [0.29, 0.717) is 13.0 Å². The van der Waals surface area contributed by atoms with E-state index >= 15 is 0 Å². The molecule has 1 aromatic heterocycles. The van der Waals surface area contributed by atoms with Crippen LogP contribution in [-0.2, 0) is 11.3 Å². The van der Waals surface area contributed by atoms with Gasteiger partial charge in [-0.3, -0.25) is 4.79 Å². The van der Waals surface area contributed by atoms with Crippen LogP contribution in [0, 0.1) is 19.3 Å². The van der Waals surface area contributed by atoms with E-state index in [9.17, 15) is 4.79 Å². The molecule has 3 N–H and O–H groups in total. The molecule has 1 heterocycles. The van der Waals surface area contributed by atoms with Crippen LogP contribution in [0.1, 0.15) is 35.6 Å². The summed E-state index contributed by atoms with van der Waals surface area (Å²) < 4.78 is 0. The first kappa shape index (κ1) is 15.1. The van der Waals surface area contributed by atoms with E-state index in [1.807, 2.05) is 6.92 Å². The van der Waals surface area contributed by atoms with Crippen molar-refractivity contribution in [1.29, 1.82) is 0 Å². The molecule has 0 fully saturated rings. The van der Waals surface area contributed by atoms with Gasteiger partial charge < -0.3 is 11.1 Å². The Balaban J connectivity index is 2.68. The Kier molecular flexibility index (Phi) is 4.87. The predicted octanol–water partition coefficient (Wildman–Crippen LogP) is 2.68. The van der Waals surface area contributed by atoms with Crippen LogP contribution in [0.2, 0.25) is 0 Å². The predicted molar refractivity (Wildman–Crippen MR) is 80.8 cm³/mol. The van der Waals surface area contributed by atoms with E-state index in [0.717, 1.165) is 4.88 Å². The Hall–Kier alpha value is -0.940. The first-order chi connectivity index (χ1) is 8.31. The van der Waals surface area contributed by atoms with Crippen LogP contribution in [0.25, 0.3) is 0 Å². The average molecular weight is 284 g/mol. The maximum absolute atomic E-state index is 12.1. The molecule has 0 aliphatic heterocycles. The lowest BCUT2D eigenvalue weighted by molar-refractivity contribution is -0.127. The van der Waals surface area contributed by atoms with Crippen LogP contribution >= 0.6 is 23.6 Å². The fourth-order valence-corrected chi connectivity index (χ4v) is 2.78. The van der Waals surface area contributed by atoms with Gasteiger partial charge in [0.2, 0.25) is 5.91 Å². The highest BCUT2D eigenvalue weighted by Crippen LogP contribution is 2.23. The summed E-state index contributed by atoms with van der Waals surface area (Å²) in [4.78, 5) is 14.8. The molecule has 100 valence electrons. The molecule has 1 aromatic rings. The molecule has 0 radical (unpaired) electrons. The van der Waals surface area contributed by atoms with E-state index < -0.39 is 5.41 Å². The maximum Gasteiger partial charge on any atom is 0.233 e. The zero-order chi connectivity index (χ0) is 13.9. The largest absolute Gasteiger partial charge is 0.392 e. The zero-order valence-corrected chi connectivity index (χ0v) is 12.9. The smallest absolute Gasteiger partial charge is 0.233 e. The molecular weight excluding hydrogens is 264 g/mol. The number of thiophene rings is 1. The van der Waals surface area contributed by atoms with E-state index in [2.05, 4.69) is 25.2 Å². The fraction of sp³-hybridized carbons (Fsp3) is 0.538. The van der Waals surface area contributed by atoms with Gasteiger partial charge in [0.05, 0.1) is 16.9 Å². The number of rotatable bonds is 5. The highest BCUT2D eigenvalue weighted by Gasteiger charge is 2.34. The van der Waals surface area contributed by atoms with Gasteiger partial charge in [-0.25, -0.2) is 0 Å². The van der Waals surface area contributed by atoms with Gasteiger partial charge in [0, 0.05) is 9.75 Å². The molecule has 5 heteroatoms. The minimum Gasteiger partial charge on any atom is -0.392 e. The quantitative estimate of drug-likeness (QED) is 0.817. The van der Waals surface area contributed by atoms with Crippen molar-refractivity contribution in [2.45, 2.75) is 40.7 Å². The number of aryl methyl sites for hydroxylation is 2. The highest BCUT2D eigenvalue weighted by atomic mass is 32.1. The molecule has 0 saturated carbocycles. The van der Waals surface area contributed by atoms with E-state index in [-0.39, 0.29) is 10.9 Å². The second-order valence-electron chi connectivity index (χ2n) is 4.68. The number of hydrogen-bond donors (Lipinski definition) is 2. The molecule has 0 bridgehead atoms. The second-order valence-corrected chi connectivity index (χ2v) is 6.47. The summed E-state index contributed by atoms with van der Waals surface area (Å²) in [6, 6.07) is 2.10. The summed E-state index contributed by atoms with van der Waals surface area (Å²) >= 11 is 6.69. The third kappa shape index (κ3) is 3.09. The standard InChI is InChI=1S/C13H20N2OS2/c1-5-13(4,11(14)17)12(16)15-7-10-6-8(2)9(3)18-10/h6H,5,7H2,1-4H3,(H2,14,17)(H,15,16). The molecule has 0 saturated heterocycles. The van der Waals surface area contributed by atoms with Crippen LogP contribution in [0.4, 0.5) is 0 Å². The van der Waals surface area contributed by atoms with Gasteiger partial charge in [-0.1, -0.05) is 19.1 Å². The lowest BCUT2D eigenvalue weighted by atomic mass is 9.86. The topological polar surface area (TPSA) is 55.1 Å². The Labute approximate surface area is 118 Å². The van der Waals surface area contributed by atoms with Crippen molar-refractivity contribution in [3.63, 3.8) is 0 Å². The normalized spacial score (nSPS) is 14.0. The molecule has 1 rings (SSSR count). The number of hydrogen-bond acceptors (Lipinski definition) is 3. The molecule has 0 aliphatic carbocycles. The molecule has 18 heavy (non-hydrogen) atoms. The number of thiocarbonyl (C=S) groups is 1. The SMILES string of the molecule is CCC(C)(C(=O)NCc1cc(C)c(C)s1)C(N)=S. The number of carbonyl (C=O) groups excluding carboxylic acids is 1. The van der Waals surface area contributed by atoms with Crippen molar-refractivity contribution in [3.05, 3.63) is 21.4 Å². The Morgan fingerprint density at radius 1 is 1.56 bits per heavy atom. The Morgan fingerprint density at radius 3 is 2.56 bits per heavy atom. The van der Waals surface area contributed by atoms with Crippen molar-refractivity contribution in [2.75, 3.05) is 0 Å². The van der Waals surface area contributed by atoms with Crippen molar-refractivity contribution >= 4 is 34.5 Å². The highest BCUT2D eigenvalue weighted by molar-refractivity contribution is 7.80. The summed E-state index contributed by atoms with van der Waals surface area (Å²) in [7, 11) is 0. The van der Waals surface area contributed by atoms with Crippen LogP contribution in [0.15, 0.2) is 6.07 Å². The van der Waals surface area contributed by atoms with Crippen molar-refractivity contribution in [3.8, 4) is 0 Å². The second kappa shape index (κ2) is 5.80. The summed E-state index contributed by atoms with van der Waals surface area (Å²) in [6.45, 7) is 8.39. The van der Waals surface area contributed by atoms with Crippen LogP contribution < -0.4 is 11.1 Å². The summed E-state index contributed by atoms with van der Waals surface area (Å²) in [6.07, 6.45) is 0.608. The maximum atomic E-state index is 12.1. The third-order valence-electron chi connectivity index (χ3n) is 3.39. The lowest BCUT2D eigenvalue weighted by Crippen LogP contribution is -2.46. The summed E-state index contributed by atoms with van der Waals surface area (Å²) in [5.74, 6) is -0.0961. The van der Waals surface area contributed by atoms with Crippen LogP contribution in [-0.4, -0.2) is 10.9 Å². The van der Waals surface area contributed by atoms with E-state index in [1.54, 1.807) is 18.3 Å². The van der Waals surface area contributed by atoms with Gasteiger partial charge in [-0.05, 0) is 38.8 Å². The molecular formula is C13H20N2OS2. The average Bonchev–Trinajstić information content (AvgIpc) is 2.64. The minimum absolute atomic E-state index is 0.0961. The van der Waals surface area contributed by atoms with Gasteiger partial charge in [-0.15, -0.1) is 11.3 Å². The number of nitrogens with two attached hydrogens (primary N) is 1. The van der Waals surface area contributed by atoms with Gasteiger partial charge in [0.15, 0.2) is 0 Å². The minimum atomic E-state index is -0.753. The molecule has 1 unspecified atom stereocenters. The van der Waals surface area contributed by atoms with Gasteiger partial charge in [0.25, 0.3) is 0 Å². The number of nitrogens with one attached hydrogen (secondary N) is 1. The molecule has 0 aliphatic rings. The zero-order valence-electron chi connectivity index (χ0n) is 11.3. The third-order valence-corrected chi connectivity index (χ3v) is 5.00. The van der Waals surface area contributed by atoms with Crippen molar-refractivity contribution in [1.82, 2.24) is 5.32 Å². The summed E-state index contributed by atoms with van der Waals surface area (Å²) in [5.41, 5.74) is 6.16. The monoisotopic (exact) mass is 284 g/mol. The number of amides is 1. The Morgan fingerprint density at radius 2 is 2.17 bits per heavy atom. The van der Waals surface area contributed by atoms with Crippen LogP contribution in [0.5, 0.6) is 0 Å². The van der Waals surface area contributed by atoms with E-state index in [4.69, 9.17) is 18.0 Å². The first-order valence-electron chi connectivity index (χ1n) is 5.95. The summed E-state index contributed by atoms with van der Waals surface area (Å²) in [5, 5.41) is 2.92. The molecule has 3 nitrogen and oxygen atoms in total. The van der Waals surface area contributed by atoms with Gasteiger partial charge in [-0.2, -0.15) is 0 Å². The van der Waals surface area contributed by atoms with Crippen LogP contribution in [0.3, 0.4) is 0 Å². The fourth-order valence-electron chi connectivity index (χ4n) is 1.55. The van der Waals surface area contributed by atoms with E-state index in [1.165, 1.54) is 10.4 Å². The molecule has 1 atom stereocenters. The number of carbonyl (C=O) groups is 1. The Bertz CT molecular complexity index is 448. The first-order valence-corrected chi connectivity index (χ1v) is 7.18. The molecule has 0 spiro atoms. The van der Waals surface area contributed by atoms with Gasteiger partial charge in [0.1, 0.15) is 0 Å². The molecule has 0 aromatic carbocycles. The molecule has 1 amide bonds. The van der Waals surface area contributed by atoms with Crippen molar-refractivity contribution < 1.29 is 4.79 Å². The lowest BCUT2D eigenvalue weighted by Gasteiger charge is -2.25.